The molecule has 0 bridgehead atoms. The SMILES string of the molecule is CC(C)(C)c1ccc2c(N3/C(=C4\Sc5ccccc5N4c4cc(C(C)(C)C)cc5cc(C(C)(C)C)ccc45)Sc4ccccc43)cc(C(C)(C)C)cc2c1. The number of nitrogens with zero attached hydrogens (tertiary/aromatic N) is 2. The normalized spacial score (nSPS) is 16.4. The van der Waals surface area contributed by atoms with Gasteiger partial charge in [0.25, 0.3) is 0 Å². The van der Waals surface area contributed by atoms with Crippen molar-refractivity contribution >= 4 is 67.8 Å². The number of fused-ring (bicyclic) bond motifs is 4. The summed E-state index contributed by atoms with van der Waals surface area (Å²) in [6, 6.07) is 42.0. The molecule has 4 heteroatoms. The molecule has 0 fully saturated rings. The Morgan fingerprint density at radius 1 is 0.352 bits per heavy atom. The van der Waals surface area contributed by atoms with Gasteiger partial charge in [0.2, 0.25) is 0 Å². The molecule has 6 aromatic rings. The van der Waals surface area contributed by atoms with Gasteiger partial charge in [-0.1, -0.05) is 179 Å². The number of hydrogen-bond donors (Lipinski definition) is 0. The van der Waals surface area contributed by atoms with Crippen molar-refractivity contribution in [2.24, 2.45) is 0 Å². The van der Waals surface area contributed by atoms with Crippen molar-refractivity contribution in [3.8, 4) is 0 Å². The summed E-state index contributed by atoms with van der Waals surface area (Å²) in [7, 11) is 0. The molecule has 8 rings (SSSR count). The van der Waals surface area contributed by atoms with E-state index in [1.54, 1.807) is 0 Å². The first-order chi connectivity index (χ1) is 25.3. The lowest BCUT2D eigenvalue weighted by molar-refractivity contribution is 0.589. The Balaban J connectivity index is 1.44. The van der Waals surface area contributed by atoms with Crippen molar-refractivity contribution in [3.05, 3.63) is 142 Å². The first-order valence-electron chi connectivity index (χ1n) is 19.3. The van der Waals surface area contributed by atoms with E-state index in [-0.39, 0.29) is 21.7 Å². The van der Waals surface area contributed by atoms with E-state index in [1.807, 2.05) is 23.5 Å². The molecule has 6 aromatic carbocycles. The molecule has 0 atom stereocenters. The van der Waals surface area contributed by atoms with E-state index in [1.165, 1.54) is 86.4 Å². The quantitative estimate of drug-likeness (QED) is 0.174. The van der Waals surface area contributed by atoms with E-state index in [0.717, 1.165) is 0 Å². The van der Waals surface area contributed by atoms with Crippen LogP contribution in [0, 0.1) is 0 Å². The molecule has 2 heterocycles. The molecule has 0 radical (unpaired) electrons. The van der Waals surface area contributed by atoms with Gasteiger partial charge in [0, 0.05) is 20.6 Å². The monoisotopic (exact) mass is 746 g/mol. The molecule has 2 aliphatic heterocycles. The van der Waals surface area contributed by atoms with E-state index in [4.69, 9.17) is 0 Å². The smallest absolute Gasteiger partial charge is 0.116 e. The van der Waals surface area contributed by atoms with Crippen molar-refractivity contribution in [1.29, 1.82) is 0 Å². The zero-order chi connectivity index (χ0) is 38.5. The van der Waals surface area contributed by atoms with Gasteiger partial charge in [-0.05, 0) is 91.1 Å². The van der Waals surface area contributed by atoms with Crippen LogP contribution in [0.25, 0.3) is 21.5 Å². The molecule has 0 spiro atoms. The summed E-state index contributed by atoms with van der Waals surface area (Å²) in [5.74, 6) is 0. The van der Waals surface area contributed by atoms with Crippen molar-refractivity contribution in [2.45, 2.75) is 115 Å². The minimum Gasteiger partial charge on any atom is -0.301 e. The highest BCUT2D eigenvalue weighted by molar-refractivity contribution is 8.07. The highest BCUT2D eigenvalue weighted by Gasteiger charge is 2.38. The van der Waals surface area contributed by atoms with Gasteiger partial charge in [0.1, 0.15) is 10.1 Å². The minimum atomic E-state index is -0.0248. The lowest BCUT2D eigenvalue weighted by atomic mass is 9.82. The van der Waals surface area contributed by atoms with Crippen LogP contribution >= 0.6 is 23.5 Å². The molecule has 276 valence electrons. The molecular weight excluding hydrogens is 693 g/mol. The maximum absolute atomic E-state index is 2.57. The summed E-state index contributed by atoms with van der Waals surface area (Å²) in [5, 5.41) is 7.61. The zero-order valence-electron chi connectivity index (χ0n) is 34.1. The highest BCUT2D eigenvalue weighted by atomic mass is 32.2. The molecule has 2 nitrogen and oxygen atoms in total. The van der Waals surface area contributed by atoms with E-state index >= 15 is 0 Å². The average molecular weight is 747 g/mol. The molecular formula is C50H54N2S2. The standard InChI is InChI=1S/C50H54N2S2/c1-47(2,3)33-21-23-37-31(25-33)27-35(49(7,8)9)29-41(37)51-39-17-13-15-19-43(39)53-45(51)46-52(40-18-14-16-20-44(40)54-46)42-30-36(50(10,11)12)28-32-26-34(48(4,5)6)22-24-38(32)42/h13-30H,1-12H3/b46-45+. The number of para-hydroxylation sites is 2. The van der Waals surface area contributed by atoms with Gasteiger partial charge < -0.3 is 9.80 Å². The number of hydrogen-bond acceptors (Lipinski definition) is 4. The Hall–Kier alpha value is -4.12. The van der Waals surface area contributed by atoms with E-state index in [9.17, 15) is 0 Å². The fourth-order valence-electron chi connectivity index (χ4n) is 7.60. The van der Waals surface area contributed by atoms with Crippen molar-refractivity contribution < 1.29 is 0 Å². The summed E-state index contributed by atoms with van der Waals surface area (Å²) in [4.78, 5) is 7.70. The number of benzene rings is 6. The third-order valence-electron chi connectivity index (χ3n) is 11.0. The lowest BCUT2D eigenvalue weighted by Gasteiger charge is -2.31. The predicted octanol–water partition coefficient (Wildman–Crippen LogP) is 15.5. The summed E-state index contributed by atoms with van der Waals surface area (Å²) >= 11 is 3.80. The minimum absolute atomic E-state index is 0.0248. The number of anilines is 4. The molecule has 0 aromatic heterocycles. The summed E-state index contributed by atoms with van der Waals surface area (Å²) < 4.78 is 0. The van der Waals surface area contributed by atoms with Gasteiger partial charge >= 0.3 is 0 Å². The van der Waals surface area contributed by atoms with E-state index < -0.39 is 0 Å². The second-order valence-corrected chi connectivity index (χ2v) is 21.3. The first kappa shape index (κ1) is 36.8. The Kier molecular flexibility index (Phi) is 8.67. The summed E-state index contributed by atoms with van der Waals surface area (Å²) in [5.41, 5.74) is 10.4. The highest BCUT2D eigenvalue weighted by Crippen LogP contribution is 2.60. The molecule has 0 N–H and O–H groups in total. The van der Waals surface area contributed by atoms with Crippen LogP contribution in [0.2, 0.25) is 0 Å². The van der Waals surface area contributed by atoms with Crippen LogP contribution in [-0.2, 0) is 21.7 Å². The number of thioether (sulfide) groups is 2. The topological polar surface area (TPSA) is 6.48 Å². The first-order valence-corrected chi connectivity index (χ1v) is 21.0. The lowest BCUT2D eigenvalue weighted by Crippen LogP contribution is -2.21. The van der Waals surface area contributed by atoms with E-state index in [0.29, 0.717) is 0 Å². The van der Waals surface area contributed by atoms with Gasteiger partial charge in [0.15, 0.2) is 0 Å². The Morgan fingerprint density at radius 3 is 1.04 bits per heavy atom. The number of rotatable bonds is 2. The summed E-state index contributed by atoms with van der Waals surface area (Å²) in [6.45, 7) is 27.9. The maximum Gasteiger partial charge on any atom is 0.116 e. The van der Waals surface area contributed by atoms with Crippen LogP contribution in [0.4, 0.5) is 22.7 Å². The zero-order valence-corrected chi connectivity index (χ0v) is 35.7. The fraction of sp³-hybridized carbons (Fsp3) is 0.320. The van der Waals surface area contributed by atoms with Crippen LogP contribution in [0.15, 0.2) is 129 Å². The van der Waals surface area contributed by atoms with E-state index in [2.05, 4.69) is 202 Å². The molecule has 0 saturated heterocycles. The molecule has 0 amide bonds. The Labute approximate surface area is 332 Å². The second kappa shape index (κ2) is 12.7. The van der Waals surface area contributed by atoms with Gasteiger partial charge in [0.05, 0.1) is 22.7 Å². The predicted molar refractivity (Wildman–Crippen MR) is 239 cm³/mol. The molecule has 0 unspecified atom stereocenters. The third-order valence-corrected chi connectivity index (χ3v) is 13.4. The van der Waals surface area contributed by atoms with Crippen LogP contribution in [0.3, 0.4) is 0 Å². The Bertz CT molecular complexity index is 2310. The van der Waals surface area contributed by atoms with Gasteiger partial charge in [-0.3, -0.25) is 0 Å². The molecule has 2 aliphatic rings. The van der Waals surface area contributed by atoms with Crippen LogP contribution in [0.1, 0.15) is 105 Å². The van der Waals surface area contributed by atoms with Crippen molar-refractivity contribution in [1.82, 2.24) is 0 Å². The van der Waals surface area contributed by atoms with Crippen LogP contribution in [0.5, 0.6) is 0 Å². The third kappa shape index (κ3) is 6.43. The molecule has 0 saturated carbocycles. The van der Waals surface area contributed by atoms with Crippen molar-refractivity contribution in [3.63, 3.8) is 0 Å². The van der Waals surface area contributed by atoms with Gasteiger partial charge in [-0.2, -0.15) is 0 Å². The van der Waals surface area contributed by atoms with Crippen LogP contribution < -0.4 is 9.80 Å². The average Bonchev–Trinajstić information content (AvgIpc) is 3.67. The largest absolute Gasteiger partial charge is 0.301 e. The fourth-order valence-corrected chi connectivity index (χ4v) is 10.0. The second-order valence-electron chi connectivity index (χ2n) is 19.3. The maximum atomic E-state index is 2.57. The van der Waals surface area contributed by atoms with Gasteiger partial charge in [-0.25, -0.2) is 0 Å². The van der Waals surface area contributed by atoms with Crippen molar-refractivity contribution in [2.75, 3.05) is 9.80 Å². The Morgan fingerprint density at radius 2 is 0.685 bits per heavy atom. The van der Waals surface area contributed by atoms with Gasteiger partial charge in [-0.15, -0.1) is 0 Å². The molecule has 54 heavy (non-hydrogen) atoms. The summed E-state index contributed by atoms with van der Waals surface area (Å²) in [6.07, 6.45) is 0. The molecule has 0 aliphatic carbocycles. The van der Waals surface area contributed by atoms with Crippen LogP contribution in [-0.4, -0.2) is 0 Å².